The fraction of sp³-hybridized carbons (Fsp3) is 0.386. The van der Waals surface area contributed by atoms with Gasteiger partial charge in [-0.05, 0) is 61.9 Å². The van der Waals surface area contributed by atoms with Gasteiger partial charge in [-0.15, -0.1) is 77.1 Å². The van der Waals surface area contributed by atoms with E-state index in [0.717, 1.165) is 66.6 Å². The number of H-pyrrole nitrogens is 2. The highest BCUT2D eigenvalue weighted by Crippen LogP contribution is 2.30. The van der Waals surface area contributed by atoms with Crippen LogP contribution in [-0.2, 0) is 36.9 Å². The zero-order valence-corrected chi connectivity index (χ0v) is 45.8. The number of aromatic nitrogens is 4. The zero-order valence-electron chi connectivity index (χ0n) is 45.1. The van der Waals surface area contributed by atoms with Crippen molar-refractivity contribution in [1.82, 2.24) is 29.7 Å². The molecule has 14 nitrogen and oxygen atoms in total. The van der Waals surface area contributed by atoms with Crippen LogP contribution in [-0.4, -0.2) is 101 Å². The average Bonchev–Trinajstić information content (AvgIpc) is 4.03. The van der Waals surface area contributed by atoms with E-state index in [2.05, 4.69) is 171 Å². The molecule has 2 heterocycles. The summed E-state index contributed by atoms with van der Waals surface area (Å²) < 4.78 is 8.50. The van der Waals surface area contributed by atoms with Crippen LogP contribution in [0.2, 0.25) is 5.15 Å². The number of aliphatic hydroxyl groups excluding tert-OH is 1. The summed E-state index contributed by atoms with van der Waals surface area (Å²) in [4.78, 5) is 54.1. The van der Waals surface area contributed by atoms with E-state index in [0.29, 0.717) is 54.8 Å². The number of primary amides is 1. The summed E-state index contributed by atoms with van der Waals surface area (Å²) in [6.45, 7) is 18.3. The van der Waals surface area contributed by atoms with Gasteiger partial charge in [0.15, 0.2) is 0 Å². The Balaban J connectivity index is -0.000000205. The van der Waals surface area contributed by atoms with Gasteiger partial charge < -0.3 is 45.8 Å². The van der Waals surface area contributed by atoms with Crippen LogP contribution < -0.4 is 11.5 Å². The zero-order chi connectivity index (χ0) is 58.2. The molecule has 0 saturated heterocycles. The van der Waals surface area contributed by atoms with Crippen molar-refractivity contribution in [3.8, 4) is 111 Å². The van der Waals surface area contributed by atoms with Crippen molar-refractivity contribution in [2.75, 3.05) is 42.1 Å². The molecule has 2 aromatic heterocycles. The molecule has 7 N–H and O–H groups in total. The number of hydrogen-bond acceptors (Lipinski definition) is 9. The number of benzene rings is 2. The Kier molecular flexibility index (Phi) is 67.2. The Labute approximate surface area is 440 Å². The van der Waals surface area contributed by atoms with Crippen LogP contribution in [0, 0.1) is 77.1 Å². The number of imidazole rings is 2. The van der Waals surface area contributed by atoms with Crippen molar-refractivity contribution in [2.24, 2.45) is 11.5 Å². The number of allylic oxidation sites excluding steroid dienone is 1. The number of nitrogens with one attached hydrogen (secondary N) is 2. The van der Waals surface area contributed by atoms with E-state index in [4.69, 9.17) is 27.4 Å². The second-order valence-electron chi connectivity index (χ2n) is 13.6. The molecular formula is C57H85ClN8O6. The summed E-state index contributed by atoms with van der Waals surface area (Å²) in [6, 6.07) is 16.7. The maximum atomic E-state index is 12.7. The van der Waals surface area contributed by atoms with Gasteiger partial charge in [-0.2, -0.15) is 0 Å². The van der Waals surface area contributed by atoms with Gasteiger partial charge in [0.1, 0.15) is 22.5 Å². The lowest BCUT2D eigenvalue weighted by molar-refractivity contribution is -0.134. The first-order valence-electron chi connectivity index (χ1n) is 22.1. The van der Waals surface area contributed by atoms with Gasteiger partial charge in [0.2, 0.25) is 17.7 Å². The van der Waals surface area contributed by atoms with E-state index >= 15 is 0 Å². The number of terminal acetylenes is 6. The third kappa shape index (κ3) is 40.2. The molecule has 0 bridgehead atoms. The second kappa shape index (κ2) is 59.5. The third-order valence-corrected chi connectivity index (χ3v) is 8.18. The molecule has 0 radical (unpaired) electrons. The smallest absolute Gasteiger partial charge is 0.223 e. The largest absolute Gasteiger partial charge is 0.403 e. The van der Waals surface area contributed by atoms with Crippen molar-refractivity contribution in [3.63, 3.8) is 0 Å². The number of carbonyl (C=O) groups excluding carboxylic acids is 3. The van der Waals surface area contributed by atoms with Crippen LogP contribution in [0.15, 0.2) is 67.0 Å². The Bertz CT molecular complexity index is 1980. The van der Waals surface area contributed by atoms with E-state index in [1.165, 1.54) is 6.92 Å². The maximum absolute atomic E-state index is 12.7. The summed E-state index contributed by atoms with van der Waals surface area (Å²) in [7, 11) is 7.50. The average molecular weight is 1010 g/mol. The Morgan fingerprint density at radius 2 is 1.03 bits per heavy atom. The van der Waals surface area contributed by atoms with Crippen LogP contribution in [0.3, 0.4) is 0 Å². The topological polar surface area (TPSA) is 206 Å². The van der Waals surface area contributed by atoms with E-state index in [9.17, 15) is 14.4 Å². The Hall–Kier alpha value is -7.66. The predicted octanol–water partition coefficient (Wildman–Crippen LogP) is 9.85. The van der Waals surface area contributed by atoms with Crippen molar-refractivity contribution in [2.45, 2.75) is 106 Å². The van der Waals surface area contributed by atoms with Crippen LogP contribution in [0.1, 0.15) is 98.6 Å². The molecular weight excluding hydrogens is 928 g/mol. The van der Waals surface area contributed by atoms with E-state index in [1.807, 2.05) is 42.0 Å². The van der Waals surface area contributed by atoms with Crippen molar-refractivity contribution in [1.29, 1.82) is 0 Å². The molecule has 72 heavy (non-hydrogen) atoms. The Morgan fingerprint density at radius 3 is 1.39 bits per heavy atom. The molecule has 4 aromatic rings. The highest BCUT2D eigenvalue weighted by molar-refractivity contribution is 6.31. The van der Waals surface area contributed by atoms with Crippen molar-refractivity contribution >= 4 is 29.3 Å². The summed E-state index contributed by atoms with van der Waals surface area (Å²) in [5, 5.41) is 7.47. The number of hydrogen-bond donors (Lipinski definition) is 5. The van der Waals surface area contributed by atoms with Gasteiger partial charge >= 0.3 is 0 Å². The molecule has 0 fully saturated rings. The quantitative estimate of drug-likeness (QED) is 0.0718. The summed E-state index contributed by atoms with van der Waals surface area (Å²) >= 11 is 6.55. The third-order valence-electron chi connectivity index (χ3n) is 7.90. The summed E-state index contributed by atoms with van der Waals surface area (Å²) in [5.41, 5.74) is 15.8. The van der Waals surface area contributed by atoms with Crippen molar-refractivity contribution < 1.29 is 29.0 Å². The highest BCUT2D eigenvalue weighted by Gasteiger charge is 2.20. The van der Waals surface area contributed by atoms with Gasteiger partial charge in [-0.1, -0.05) is 94.4 Å². The van der Waals surface area contributed by atoms with Gasteiger partial charge in [-0.3, -0.25) is 14.4 Å². The minimum atomic E-state index is -0.333. The molecule has 0 spiro atoms. The van der Waals surface area contributed by atoms with Crippen LogP contribution >= 0.6 is 11.6 Å². The molecule has 3 amide bonds. The minimum absolute atomic E-state index is 0.138. The number of aliphatic hydroxyl groups is 1. The van der Waals surface area contributed by atoms with E-state index in [-0.39, 0.29) is 23.8 Å². The van der Waals surface area contributed by atoms with E-state index in [1.54, 1.807) is 35.4 Å². The number of amides is 3. The van der Waals surface area contributed by atoms with Crippen LogP contribution in [0.5, 0.6) is 0 Å². The van der Waals surface area contributed by atoms with E-state index < -0.39 is 0 Å². The molecule has 4 rings (SSSR count). The summed E-state index contributed by atoms with van der Waals surface area (Å²) in [5.74, 6) is 1.45. The van der Waals surface area contributed by atoms with Gasteiger partial charge in [-0.25, -0.2) is 9.97 Å². The molecule has 1 atom stereocenters. The maximum Gasteiger partial charge on any atom is 0.223 e. The van der Waals surface area contributed by atoms with Crippen LogP contribution in [0.25, 0.3) is 33.6 Å². The number of aromatic amines is 2. The lowest BCUT2D eigenvalue weighted by Gasteiger charge is -2.27. The monoisotopic (exact) mass is 1010 g/mol. The molecule has 0 aliphatic rings. The molecule has 15 heteroatoms. The lowest BCUT2D eigenvalue weighted by atomic mass is 10.0. The first kappa shape index (κ1) is 81.3. The minimum Gasteiger partial charge on any atom is -0.403 e. The summed E-state index contributed by atoms with van der Waals surface area (Å²) in [6.07, 6.45) is 54.4. The number of nitrogens with zero attached hydrogens (tertiary/aromatic N) is 4. The second-order valence-corrected chi connectivity index (χ2v) is 14.0. The number of nitrogens with two attached hydrogens (primary N) is 2. The normalized spacial score (nSPS) is 8.69. The molecule has 0 aliphatic heterocycles. The molecule has 0 unspecified atom stereocenters. The highest BCUT2D eigenvalue weighted by atomic mass is 35.5. The molecule has 396 valence electrons. The SMILES string of the molecule is C#C.C#C.C#C.C#C.C#C.C#C.C=C(C)N.CC(N)=O.CCCC(=O)N(CCC)Cc1nc(-c2ccc(-c3ccc(-c4cnc(CN(C(=O)CCC)[C@@H](C)CC)[nH]4)cc3)cc2)c(Cl)[nH]1.CO.COC.COC. The fourth-order valence-corrected chi connectivity index (χ4v) is 5.52. The van der Waals surface area contributed by atoms with Crippen molar-refractivity contribution in [3.05, 3.63) is 83.8 Å². The van der Waals surface area contributed by atoms with Gasteiger partial charge in [0, 0.05) is 73.5 Å². The number of rotatable bonds is 15. The first-order chi connectivity index (χ1) is 34.6. The number of methoxy groups -OCH3 is 2. The fourth-order valence-electron chi connectivity index (χ4n) is 5.26. The first-order valence-corrected chi connectivity index (χ1v) is 22.4. The van der Waals surface area contributed by atoms with Gasteiger partial charge in [0.25, 0.3) is 0 Å². The Morgan fingerprint density at radius 1 is 0.667 bits per heavy atom. The number of carbonyl (C=O) groups is 3. The number of ether oxygens (including phenoxy) is 2. The van der Waals surface area contributed by atoms with Gasteiger partial charge in [0.05, 0.1) is 25.0 Å². The lowest BCUT2D eigenvalue weighted by Crippen LogP contribution is -2.37. The number of halogens is 1. The van der Waals surface area contributed by atoms with Crippen LogP contribution in [0.4, 0.5) is 0 Å². The molecule has 2 aromatic carbocycles. The molecule has 0 saturated carbocycles. The predicted molar refractivity (Wildman–Crippen MR) is 305 cm³/mol. The molecule has 0 aliphatic carbocycles. The standard InChI is InChI=1S/C35H45ClN6O2.C3H7N.C2H5NO.2C2H6O.6C2H2.CH4O/c1-6-10-32(43)41(20-8-3)22-31-39-34(35(36)40-31)28-18-14-26(15-19-28)25-12-16-27(17-13-25)29-21-37-30(38-29)23-42(24(5)9-4)33(44)11-7-2;1-3(2)4;1-2(3)4;2*1-3-2;7*1-2/h12-19,21,24H,6-11,20,22-23H2,1-5H3,(H,37,38)(H,39,40);1,4H2,2H3;1H3,(H2,3,4);2*1-2H3;6*1-2H;2H,1H3/t24-;;;;;;;;;;;/m0.........../s1.